The van der Waals surface area contributed by atoms with Crippen LogP contribution < -0.4 is 5.43 Å². The summed E-state index contributed by atoms with van der Waals surface area (Å²) in [5, 5.41) is 14.7. The van der Waals surface area contributed by atoms with E-state index in [-0.39, 0.29) is 5.69 Å². The highest BCUT2D eigenvalue weighted by molar-refractivity contribution is 5.99. The molecule has 114 valence electrons. The SMILES string of the molecule is CC(=NNC(=O)c1ccc([N+](=O)[O-])c(C)c1)c1ccc(C)o1. The molecule has 0 fully saturated rings. The van der Waals surface area contributed by atoms with Crippen LogP contribution in [-0.4, -0.2) is 16.5 Å². The van der Waals surface area contributed by atoms with Gasteiger partial charge in [0.05, 0.1) is 4.92 Å². The third-order valence-electron chi connectivity index (χ3n) is 3.08. The van der Waals surface area contributed by atoms with Crippen LogP contribution in [0.3, 0.4) is 0 Å². The Balaban J connectivity index is 2.12. The Hall–Kier alpha value is -2.96. The number of hydrazone groups is 1. The van der Waals surface area contributed by atoms with E-state index >= 15 is 0 Å². The summed E-state index contributed by atoms with van der Waals surface area (Å²) in [6.07, 6.45) is 0. The summed E-state index contributed by atoms with van der Waals surface area (Å²) >= 11 is 0. The van der Waals surface area contributed by atoms with Crippen LogP contribution in [-0.2, 0) is 0 Å². The summed E-state index contributed by atoms with van der Waals surface area (Å²) in [5.41, 5.74) is 3.62. The molecule has 1 N–H and O–H groups in total. The van der Waals surface area contributed by atoms with Gasteiger partial charge in [-0.2, -0.15) is 5.10 Å². The molecule has 0 saturated carbocycles. The number of nitro groups is 1. The molecule has 0 aliphatic heterocycles. The molecule has 0 unspecified atom stereocenters. The highest BCUT2D eigenvalue weighted by Gasteiger charge is 2.13. The first kappa shape index (κ1) is 15.4. The van der Waals surface area contributed by atoms with E-state index in [4.69, 9.17) is 4.42 Å². The second-order valence-corrected chi connectivity index (χ2v) is 4.81. The van der Waals surface area contributed by atoms with Gasteiger partial charge in [0.15, 0.2) is 0 Å². The first-order chi connectivity index (χ1) is 10.4. The van der Waals surface area contributed by atoms with Crippen LogP contribution in [0.2, 0.25) is 0 Å². The molecule has 1 aromatic carbocycles. The van der Waals surface area contributed by atoms with Gasteiger partial charge in [-0.05, 0) is 45.0 Å². The number of nitrogens with one attached hydrogen (secondary N) is 1. The lowest BCUT2D eigenvalue weighted by Gasteiger charge is -2.03. The maximum absolute atomic E-state index is 12.0. The van der Waals surface area contributed by atoms with Crippen LogP contribution in [0.4, 0.5) is 5.69 Å². The van der Waals surface area contributed by atoms with Crippen LogP contribution >= 0.6 is 0 Å². The quantitative estimate of drug-likeness (QED) is 0.533. The summed E-state index contributed by atoms with van der Waals surface area (Å²) < 4.78 is 5.39. The van der Waals surface area contributed by atoms with E-state index in [1.165, 1.54) is 18.2 Å². The standard InChI is InChI=1S/C15H15N3O4/c1-9-8-12(5-6-13(9)18(20)21)15(19)17-16-11(3)14-7-4-10(2)22-14/h4-8H,1-3H3,(H,17,19). The number of aryl methyl sites for hydroxylation is 2. The number of carbonyl (C=O) groups is 1. The number of benzene rings is 1. The second kappa shape index (κ2) is 6.21. The molecule has 0 spiro atoms. The summed E-state index contributed by atoms with van der Waals surface area (Å²) in [5.74, 6) is 0.875. The first-order valence-corrected chi connectivity index (χ1v) is 6.55. The minimum absolute atomic E-state index is 0.0257. The largest absolute Gasteiger partial charge is 0.460 e. The van der Waals surface area contributed by atoms with Gasteiger partial charge in [0.25, 0.3) is 11.6 Å². The zero-order valence-electron chi connectivity index (χ0n) is 12.4. The second-order valence-electron chi connectivity index (χ2n) is 4.81. The number of hydrogen-bond donors (Lipinski definition) is 1. The lowest BCUT2D eigenvalue weighted by molar-refractivity contribution is -0.385. The van der Waals surface area contributed by atoms with Gasteiger partial charge in [-0.3, -0.25) is 14.9 Å². The summed E-state index contributed by atoms with van der Waals surface area (Å²) in [6.45, 7) is 5.10. The normalized spacial score (nSPS) is 11.3. The van der Waals surface area contributed by atoms with Crippen LogP contribution in [0, 0.1) is 24.0 Å². The molecular formula is C15H15N3O4. The van der Waals surface area contributed by atoms with Crippen molar-refractivity contribution in [3.05, 3.63) is 63.1 Å². The fourth-order valence-corrected chi connectivity index (χ4v) is 1.88. The topological polar surface area (TPSA) is 97.7 Å². The lowest BCUT2D eigenvalue weighted by atomic mass is 10.1. The van der Waals surface area contributed by atoms with Crippen LogP contribution in [0.25, 0.3) is 0 Å². The number of carbonyl (C=O) groups excluding carboxylic acids is 1. The Labute approximate surface area is 126 Å². The van der Waals surface area contributed by atoms with Gasteiger partial charge >= 0.3 is 0 Å². The third kappa shape index (κ3) is 3.38. The molecule has 1 amide bonds. The van der Waals surface area contributed by atoms with Gasteiger partial charge < -0.3 is 4.42 Å². The average molecular weight is 301 g/mol. The van der Waals surface area contributed by atoms with Gasteiger partial charge in [-0.15, -0.1) is 0 Å². The fraction of sp³-hybridized carbons (Fsp3) is 0.200. The zero-order valence-corrected chi connectivity index (χ0v) is 12.4. The van der Waals surface area contributed by atoms with E-state index in [9.17, 15) is 14.9 Å². The van der Waals surface area contributed by atoms with Crippen molar-refractivity contribution < 1.29 is 14.1 Å². The van der Waals surface area contributed by atoms with Crippen molar-refractivity contribution in [2.24, 2.45) is 5.10 Å². The fourth-order valence-electron chi connectivity index (χ4n) is 1.88. The highest BCUT2D eigenvalue weighted by atomic mass is 16.6. The van der Waals surface area contributed by atoms with Gasteiger partial charge in [-0.25, -0.2) is 5.43 Å². The molecule has 0 saturated heterocycles. The lowest BCUT2D eigenvalue weighted by Crippen LogP contribution is -2.19. The molecule has 22 heavy (non-hydrogen) atoms. The molecule has 0 radical (unpaired) electrons. The molecule has 0 aliphatic carbocycles. The Kier molecular flexibility index (Phi) is 4.36. The predicted molar refractivity (Wildman–Crippen MR) is 81.0 cm³/mol. The van der Waals surface area contributed by atoms with Gasteiger partial charge in [-0.1, -0.05) is 0 Å². The van der Waals surface area contributed by atoms with E-state index in [1.54, 1.807) is 26.0 Å². The first-order valence-electron chi connectivity index (χ1n) is 6.55. The average Bonchev–Trinajstić information content (AvgIpc) is 2.90. The summed E-state index contributed by atoms with van der Waals surface area (Å²) in [7, 11) is 0. The molecule has 2 rings (SSSR count). The summed E-state index contributed by atoms with van der Waals surface area (Å²) in [4.78, 5) is 22.3. The molecule has 7 nitrogen and oxygen atoms in total. The van der Waals surface area contributed by atoms with E-state index in [0.717, 1.165) is 5.76 Å². The van der Waals surface area contributed by atoms with E-state index < -0.39 is 10.8 Å². The molecular weight excluding hydrogens is 286 g/mol. The van der Waals surface area contributed by atoms with Crippen molar-refractivity contribution in [3.8, 4) is 0 Å². The monoisotopic (exact) mass is 301 g/mol. The molecule has 0 bridgehead atoms. The Morgan fingerprint density at radius 2 is 2.00 bits per heavy atom. The number of nitrogens with zero attached hydrogens (tertiary/aromatic N) is 2. The van der Waals surface area contributed by atoms with Crippen molar-refractivity contribution in [1.82, 2.24) is 5.43 Å². The smallest absolute Gasteiger partial charge is 0.272 e. The maximum atomic E-state index is 12.0. The van der Waals surface area contributed by atoms with Gasteiger partial charge in [0, 0.05) is 17.2 Å². The number of nitro benzene ring substituents is 1. The molecule has 0 atom stereocenters. The van der Waals surface area contributed by atoms with E-state index in [2.05, 4.69) is 10.5 Å². The minimum Gasteiger partial charge on any atom is -0.460 e. The third-order valence-corrected chi connectivity index (χ3v) is 3.08. The van der Waals surface area contributed by atoms with E-state index in [1.807, 2.05) is 6.92 Å². The number of amides is 1. The number of furan rings is 1. The highest BCUT2D eigenvalue weighted by Crippen LogP contribution is 2.18. The van der Waals surface area contributed by atoms with Crippen LogP contribution in [0.5, 0.6) is 0 Å². The Morgan fingerprint density at radius 3 is 2.55 bits per heavy atom. The van der Waals surface area contributed by atoms with Crippen LogP contribution in [0.15, 0.2) is 39.9 Å². The van der Waals surface area contributed by atoms with Gasteiger partial charge in [0.2, 0.25) is 0 Å². The minimum atomic E-state index is -0.488. The number of hydrogen-bond acceptors (Lipinski definition) is 5. The van der Waals surface area contributed by atoms with Crippen molar-refractivity contribution >= 4 is 17.3 Å². The molecule has 1 aromatic heterocycles. The van der Waals surface area contributed by atoms with Crippen molar-refractivity contribution in [1.29, 1.82) is 0 Å². The van der Waals surface area contributed by atoms with E-state index in [0.29, 0.717) is 22.6 Å². The number of rotatable bonds is 4. The Morgan fingerprint density at radius 1 is 1.27 bits per heavy atom. The molecule has 7 heteroatoms. The van der Waals surface area contributed by atoms with Gasteiger partial charge in [0.1, 0.15) is 17.2 Å². The summed E-state index contributed by atoms with van der Waals surface area (Å²) in [6, 6.07) is 7.71. The molecule has 1 heterocycles. The molecule has 2 aromatic rings. The van der Waals surface area contributed by atoms with Crippen molar-refractivity contribution in [2.75, 3.05) is 0 Å². The van der Waals surface area contributed by atoms with Crippen LogP contribution in [0.1, 0.15) is 34.4 Å². The zero-order chi connectivity index (χ0) is 16.3. The molecule has 0 aliphatic rings. The van der Waals surface area contributed by atoms with Crippen molar-refractivity contribution in [2.45, 2.75) is 20.8 Å². The Bertz CT molecular complexity index is 762. The predicted octanol–water partition coefficient (Wildman–Crippen LogP) is 2.96. The van der Waals surface area contributed by atoms with Crippen molar-refractivity contribution in [3.63, 3.8) is 0 Å². The maximum Gasteiger partial charge on any atom is 0.272 e.